The Bertz CT molecular complexity index is 1610. The van der Waals surface area contributed by atoms with Gasteiger partial charge in [0.1, 0.15) is 5.82 Å². The highest BCUT2D eigenvalue weighted by Gasteiger charge is 2.23. The summed E-state index contributed by atoms with van der Waals surface area (Å²) in [5, 5.41) is 15.6. The number of ether oxygens (including phenoxy) is 1. The number of aromatic amines is 1. The van der Waals surface area contributed by atoms with E-state index in [-0.39, 0.29) is 16.4 Å². The summed E-state index contributed by atoms with van der Waals surface area (Å²) in [6.07, 6.45) is -1.11. The SMILES string of the molecule is CC(OC(=O)c1ccccc1-c1nc2ccccc2[nH]1)C(=O)Nc1nc(-c2cccc([N+](=O)[O-])c2)cs1. The van der Waals surface area contributed by atoms with Crippen molar-refractivity contribution in [3.8, 4) is 22.6 Å². The van der Waals surface area contributed by atoms with Crippen molar-refractivity contribution < 1.29 is 19.2 Å². The number of imidazole rings is 1. The number of carbonyl (C=O) groups excluding carboxylic acids is 2. The van der Waals surface area contributed by atoms with E-state index in [1.807, 2.05) is 24.3 Å². The fourth-order valence-electron chi connectivity index (χ4n) is 3.68. The Kier molecular flexibility index (Phi) is 6.43. The molecule has 1 unspecified atom stereocenters. The van der Waals surface area contributed by atoms with E-state index >= 15 is 0 Å². The zero-order chi connectivity index (χ0) is 25.9. The molecule has 0 radical (unpaired) electrons. The largest absolute Gasteiger partial charge is 0.449 e. The number of nitro groups is 1. The lowest BCUT2D eigenvalue weighted by Crippen LogP contribution is -2.30. The highest BCUT2D eigenvalue weighted by Crippen LogP contribution is 2.28. The summed E-state index contributed by atoms with van der Waals surface area (Å²) in [6.45, 7) is 1.46. The summed E-state index contributed by atoms with van der Waals surface area (Å²) in [4.78, 5) is 48.3. The number of nitro benzene ring substituents is 1. The van der Waals surface area contributed by atoms with Gasteiger partial charge in [-0.1, -0.05) is 42.5 Å². The summed E-state index contributed by atoms with van der Waals surface area (Å²) in [7, 11) is 0. The van der Waals surface area contributed by atoms with Gasteiger partial charge >= 0.3 is 5.97 Å². The third kappa shape index (κ3) is 5.07. The molecule has 37 heavy (non-hydrogen) atoms. The zero-order valence-electron chi connectivity index (χ0n) is 19.4. The quantitative estimate of drug-likeness (QED) is 0.168. The minimum Gasteiger partial charge on any atom is -0.449 e. The number of hydrogen-bond acceptors (Lipinski definition) is 8. The highest BCUT2D eigenvalue weighted by atomic mass is 32.1. The summed E-state index contributed by atoms with van der Waals surface area (Å²) in [5.74, 6) is -0.716. The molecule has 5 rings (SSSR count). The van der Waals surface area contributed by atoms with Crippen LogP contribution in [-0.2, 0) is 9.53 Å². The number of H-pyrrole nitrogens is 1. The van der Waals surface area contributed by atoms with E-state index < -0.39 is 22.9 Å². The van der Waals surface area contributed by atoms with Crippen LogP contribution in [0.4, 0.5) is 10.8 Å². The van der Waals surface area contributed by atoms with Crippen molar-refractivity contribution in [1.29, 1.82) is 0 Å². The monoisotopic (exact) mass is 513 g/mol. The molecule has 184 valence electrons. The number of para-hydroxylation sites is 2. The van der Waals surface area contributed by atoms with Crippen molar-refractivity contribution in [1.82, 2.24) is 15.0 Å². The van der Waals surface area contributed by atoms with Crippen molar-refractivity contribution in [2.75, 3.05) is 5.32 Å². The Morgan fingerprint density at radius 3 is 2.65 bits per heavy atom. The topological polar surface area (TPSA) is 140 Å². The van der Waals surface area contributed by atoms with Gasteiger partial charge in [-0.3, -0.25) is 20.2 Å². The van der Waals surface area contributed by atoms with E-state index in [4.69, 9.17) is 4.74 Å². The third-order valence-electron chi connectivity index (χ3n) is 5.53. The Balaban J connectivity index is 1.28. The predicted octanol–water partition coefficient (Wildman–Crippen LogP) is 5.45. The van der Waals surface area contributed by atoms with Gasteiger partial charge in [0.15, 0.2) is 11.2 Å². The molecule has 0 bridgehead atoms. The van der Waals surface area contributed by atoms with E-state index in [1.54, 1.807) is 41.8 Å². The number of thiazole rings is 1. The standard InChI is InChI=1S/C26H19N5O5S/c1-15(24(32)30-26-29-22(14-37-26)16-7-6-8-17(13-16)31(34)35)36-25(33)19-10-3-2-9-18(19)23-27-20-11-4-5-12-21(20)28-23/h2-15H,1H3,(H,27,28)(H,29,30,32). The second-order valence-corrected chi connectivity index (χ2v) is 8.89. The first-order valence-electron chi connectivity index (χ1n) is 11.2. The molecule has 5 aromatic rings. The lowest BCUT2D eigenvalue weighted by Gasteiger charge is -2.13. The molecule has 2 heterocycles. The molecule has 0 fully saturated rings. The smallest absolute Gasteiger partial charge is 0.339 e. The molecule has 1 amide bonds. The molecule has 0 aliphatic heterocycles. The highest BCUT2D eigenvalue weighted by molar-refractivity contribution is 7.14. The van der Waals surface area contributed by atoms with E-state index in [9.17, 15) is 19.7 Å². The van der Waals surface area contributed by atoms with Crippen LogP contribution in [0.2, 0.25) is 0 Å². The van der Waals surface area contributed by atoms with Crippen LogP contribution in [0.3, 0.4) is 0 Å². The molecule has 0 spiro atoms. The Labute approximate surface area is 214 Å². The van der Waals surface area contributed by atoms with Gasteiger partial charge in [0.2, 0.25) is 0 Å². The second-order valence-electron chi connectivity index (χ2n) is 8.03. The van der Waals surface area contributed by atoms with E-state index in [2.05, 4.69) is 20.3 Å². The number of carbonyl (C=O) groups is 2. The predicted molar refractivity (Wildman–Crippen MR) is 139 cm³/mol. The number of nitrogens with zero attached hydrogens (tertiary/aromatic N) is 3. The van der Waals surface area contributed by atoms with Crippen LogP contribution in [0, 0.1) is 10.1 Å². The molecule has 2 N–H and O–H groups in total. The maximum atomic E-state index is 13.0. The average Bonchev–Trinajstić information content (AvgIpc) is 3.56. The molecule has 10 nitrogen and oxygen atoms in total. The van der Waals surface area contributed by atoms with E-state index in [0.29, 0.717) is 22.6 Å². The molecule has 1 atom stereocenters. The van der Waals surface area contributed by atoms with Gasteiger partial charge in [0.05, 0.1) is 27.2 Å². The van der Waals surface area contributed by atoms with Crippen molar-refractivity contribution in [2.45, 2.75) is 13.0 Å². The van der Waals surface area contributed by atoms with Crippen LogP contribution in [0.25, 0.3) is 33.7 Å². The van der Waals surface area contributed by atoms with Gasteiger partial charge in [-0.25, -0.2) is 14.8 Å². The Hall–Kier alpha value is -4.90. The number of anilines is 1. The molecule has 0 saturated carbocycles. The first kappa shape index (κ1) is 23.8. The number of esters is 1. The lowest BCUT2D eigenvalue weighted by atomic mass is 10.1. The number of aromatic nitrogens is 3. The fourth-order valence-corrected chi connectivity index (χ4v) is 4.40. The van der Waals surface area contributed by atoms with Crippen LogP contribution in [0.1, 0.15) is 17.3 Å². The molecule has 0 aliphatic rings. The van der Waals surface area contributed by atoms with Gasteiger partial charge in [-0.05, 0) is 25.1 Å². The maximum Gasteiger partial charge on any atom is 0.339 e. The summed E-state index contributed by atoms with van der Waals surface area (Å²) in [5.41, 5.74) is 3.39. The summed E-state index contributed by atoms with van der Waals surface area (Å²) >= 11 is 1.16. The zero-order valence-corrected chi connectivity index (χ0v) is 20.2. The van der Waals surface area contributed by atoms with Crippen LogP contribution >= 0.6 is 11.3 Å². The molecule has 0 saturated heterocycles. The molecule has 11 heteroatoms. The number of amides is 1. The second kappa shape index (κ2) is 9.99. The maximum absolute atomic E-state index is 13.0. The van der Waals surface area contributed by atoms with Crippen LogP contribution < -0.4 is 5.32 Å². The van der Waals surface area contributed by atoms with Crippen molar-refractivity contribution >= 4 is 45.1 Å². The van der Waals surface area contributed by atoms with Crippen molar-refractivity contribution in [3.05, 3.63) is 93.9 Å². The molecular formula is C26H19N5O5S. The summed E-state index contributed by atoms with van der Waals surface area (Å²) in [6, 6.07) is 20.4. The third-order valence-corrected chi connectivity index (χ3v) is 6.29. The first-order chi connectivity index (χ1) is 17.9. The number of benzene rings is 3. The minimum atomic E-state index is -1.11. The van der Waals surface area contributed by atoms with Gasteiger partial charge in [0, 0.05) is 28.6 Å². The van der Waals surface area contributed by atoms with Crippen LogP contribution in [-0.4, -0.2) is 37.9 Å². The number of non-ortho nitro benzene ring substituents is 1. The number of rotatable bonds is 7. The van der Waals surface area contributed by atoms with Crippen LogP contribution in [0.5, 0.6) is 0 Å². The minimum absolute atomic E-state index is 0.0560. The lowest BCUT2D eigenvalue weighted by molar-refractivity contribution is -0.384. The molecule has 2 aromatic heterocycles. The number of nitrogens with one attached hydrogen (secondary N) is 2. The van der Waals surface area contributed by atoms with Gasteiger partial charge in [-0.15, -0.1) is 11.3 Å². The Morgan fingerprint density at radius 1 is 1.05 bits per heavy atom. The van der Waals surface area contributed by atoms with E-state index in [1.165, 1.54) is 19.1 Å². The fraction of sp³-hybridized carbons (Fsp3) is 0.0769. The number of fused-ring (bicyclic) bond motifs is 1. The molecule has 0 aliphatic carbocycles. The van der Waals surface area contributed by atoms with Crippen LogP contribution in [0.15, 0.2) is 78.2 Å². The molecule has 3 aromatic carbocycles. The first-order valence-corrected chi connectivity index (χ1v) is 12.0. The molecular weight excluding hydrogens is 494 g/mol. The van der Waals surface area contributed by atoms with Gasteiger partial charge < -0.3 is 9.72 Å². The average molecular weight is 514 g/mol. The normalized spacial score (nSPS) is 11.7. The van der Waals surface area contributed by atoms with Crippen molar-refractivity contribution in [2.24, 2.45) is 0 Å². The Morgan fingerprint density at radius 2 is 1.84 bits per heavy atom. The van der Waals surface area contributed by atoms with Crippen molar-refractivity contribution in [3.63, 3.8) is 0 Å². The number of hydrogen-bond donors (Lipinski definition) is 2. The van der Waals surface area contributed by atoms with Gasteiger partial charge in [-0.2, -0.15) is 0 Å². The van der Waals surface area contributed by atoms with Gasteiger partial charge in [0.25, 0.3) is 11.6 Å². The summed E-state index contributed by atoms with van der Waals surface area (Å²) < 4.78 is 5.45. The van der Waals surface area contributed by atoms with E-state index in [0.717, 1.165) is 22.4 Å².